The Balaban J connectivity index is 1.17. The molecular weight excluding hydrogens is 490 g/mol. The molecule has 5 rings (SSSR count). The Bertz CT molecular complexity index is 1310. The minimum atomic E-state index is 0.632. The maximum atomic E-state index is 6.24. The summed E-state index contributed by atoms with van der Waals surface area (Å²) >= 11 is 3.02. The van der Waals surface area contributed by atoms with Crippen LogP contribution in [0.2, 0.25) is 0 Å². The number of hydrogen-bond acceptors (Lipinski definition) is 9. The van der Waals surface area contributed by atoms with E-state index in [1.165, 1.54) is 23.5 Å². The first-order valence-electron chi connectivity index (χ1n) is 11.3. The van der Waals surface area contributed by atoms with E-state index in [-0.39, 0.29) is 0 Å². The van der Waals surface area contributed by atoms with Gasteiger partial charge in [-0.2, -0.15) is 0 Å². The average Bonchev–Trinajstić information content (AvgIpc) is 3.44. The van der Waals surface area contributed by atoms with Crippen LogP contribution in [0.1, 0.15) is 34.2 Å². The molecule has 2 aromatic carbocycles. The van der Waals surface area contributed by atoms with Gasteiger partial charge in [0.15, 0.2) is 11.6 Å². The summed E-state index contributed by atoms with van der Waals surface area (Å²) in [6.07, 6.45) is 1.27. The highest BCUT2D eigenvalue weighted by Gasteiger charge is 2.13. The molecule has 0 atom stereocenters. The van der Waals surface area contributed by atoms with Gasteiger partial charge in [0.25, 0.3) is 0 Å². The molecule has 0 saturated heterocycles. The molecule has 0 fully saturated rings. The van der Waals surface area contributed by atoms with E-state index in [1.807, 2.05) is 78.9 Å². The minimum Gasteiger partial charge on any atom is -0.336 e. The summed E-state index contributed by atoms with van der Waals surface area (Å²) in [7, 11) is 0. The minimum absolute atomic E-state index is 0.632. The molecule has 3 aromatic heterocycles. The Morgan fingerprint density at radius 2 is 1.00 bits per heavy atom. The van der Waals surface area contributed by atoms with Crippen LogP contribution in [-0.2, 0) is 24.3 Å². The number of hydrogen-bond donors (Lipinski definition) is 2. The van der Waals surface area contributed by atoms with Crippen molar-refractivity contribution in [2.45, 2.75) is 34.7 Å². The first-order valence-corrected chi connectivity index (χ1v) is 13.3. The first-order chi connectivity index (χ1) is 17.7. The number of nitrogens with two attached hydrogens (primary N) is 2. The van der Waals surface area contributed by atoms with Crippen LogP contribution in [0, 0.1) is 0 Å². The molecule has 0 aliphatic heterocycles. The molecule has 0 aliphatic rings. The lowest BCUT2D eigenvalue weighted by molar-refractivity contribution is 0.804. The van der Waals surface area contributed by atoms with E-state index in [1.54, 1.807) is 9.35 Å². The normalized spacial score (nSPS) is 11.1. The second-order valence-electron chi connectivity index (χ2n) is 8.06. The highest BCUT2D eigenvalue weighted by atomic mass is 32.2. The summed E-state index contributed by atoms with van der Waals surface area (Å²) in [6, 6.07) is 26.2. The fourth-order valence-corrected chi connectivity index (χ4v) is 5.14. The van der Waals surface area contributed by atoms with E-state index in [0.717, 1.165) is 34.2 Å². The van der Waals surface area contributed by atoms with Gasteiger partial charge < -0.3 is 11.7 Å². The van der Waals surface area contributed by atoms with Crippen LogP contribution in [0.4, 0.5) is 0 Å². The summed E-state index contributed by atoms with van der Waals surface area (Å²) in [5.74, 6) is 15.2. The van der Waals surface area contributed by atoms with Gasteiger partial charge >= 0.3 is 0 Å². The second kappa shape index (κ2) is 11.3. The monoisotopic (exact) mass is 515 g/mol. The van der Waals surface area contributed by atoms with E-state index in [9.17, 15) is 0 Å². The van der Waals surface area contributed by atoms with Crippen molar-refractivity contribution in [2.75, 3.05) is 11.7 Å². The van der Waals surface area contributed by atoms with Crippen molar-refractivity contribution in [3.05, 3.63) is 113 Å². The van der Waals surface area contributed by atoms with E-state index in [2.05, 4.69) is 20.4 Å². The fourth-order valence-electron chi connectivity index (χ4n) is 3.58. The number of nitrogens with zero attached hydrogens (tertiary/aromatic N) is 7. The van der Waals surface area contributed by atoms with Crippen LogP contribution in [-0.4, -0.2) is 34.7 Å². The van der Waals surface area contributed by atoms with Gasteiger partial charge in [0.1, 0.15) is 0 Å². The Morgan fingerprint density at radius 1 is 0.556 bits per heavy atom. The van der Waals surface area contributed by atoms with Crippen LogP contribution < -0.4 is 11.7 Å². The SMILES string of the molecule is Nn1c(Cc2ccccc2)nnc1SCc1cccc(CSc2nnc(Cc3ccccc3)n2N)n1. The summed E-state index contributed by atoms with van der Waals surface area (Å²) < 4.78 is 3.11. The van der Waals surface area contributed by atoms with E-state index < -0.39 is 0 Å². The number of nitrogen functional groups attached to an aromatic ring is 2. The van der Waals surface area contributed by atoms with Gasteiger partial charge in [-0.05, 0) is 23.3 Å². The molecular formula is C25H25N9S2. The number of pyridine rings is 1. The molecule has 0 aliphatic carbocycles. The topological polar surface area (TPSA) is 126 Å². The van der Waals surface area contributed by atoms with Crippen molar-refractivity contribution in [3.8, 4) is 0 Å². The van der Waals surface area contributed by atoms with Gasteiger partial charge in [0, 0.05) is 24.3 Å². The number of thioether (sulfide) groups is 2. The van der Waals surface area contributed by atoms with Crippen LogP contribution >= 0.6 is 23.5 Å². The van der Waals surface area contributed by atoms with Crippen LogP contribution in [0.25, 0.3) is 0 Å². The molecule has 3 heterocycles. The fraction of sp³-hybridized carbons (Fsp3) is 0.160. The standard InChI is InChI=1S/C25H25N9S2/c26-33-22(14-18-8-3-1-4-9-18)29-31-24(33)35-16-20-12-7-13-21(28-20)17-36-25-32-30-23(34(25)27)15-19-10-5-2-6-11-19/h1-13H,14-17,26-27H2. The molecule has 0 spiro atoms. The number of rotatable bonds is 10. The van der Waals surface area contributed by atoms with Gasteiger partial charge in [0.05, 0.1) is 11.4 Å². The van der Waals surface area contributed by atoms with Gasteiger partial charge in [0.2, 0.25) is 10.3 Å². The molecule has 9 nitrogen and oxygen atoms in total. The Kier molecular flexibility index (Phi) is 7.48. The van der Waals surface area contributed by atoms with Crippen molar-refractivity contribution in [3.63, 3.8) is 0 Å². The van der Waals surface area contributed by atoms with Gasteiger partial charge in [-0.25, -0.2) is 9.35 Å². The van der Waals surface area contributed by atoms with Crippen LogP contribution in [0.3, 0.4) is 0 Å². The lowest BCUT2D eigenvalue weighted by Gasteiger charge is -2.06. The summed E-state index contributed by atoms with van der Waals surface area (Å²) in [4.78, 5) is 4.77. The quantitative estimate of drug-likeness (QED) is 0.212. The molecule has 0 amide bonds. The molecule has 0 saturated carbocycles. The maximum absolute atomic E-state index is 6.24. The Hall–Kier alpha value is -3.83. The second-order valence-corrected chi connectivity index (χ2v) is 9.94. The third-order valence-electron chi connectivity index (χ3n) is 5.44. The summed E-state index contributed by atoms with van der Waals surface area (Å²) in [5, 5.41) is 18.3. The van der Waals surface area contributed by atoms with Crippen molar-refractivity contribution in [2.24, 2.45) is 0 Å². The number of aromatic nitrogens is 7. The predicted octanol–water partition coefficient (Wildman–Crippen LogP) is 3.46. The maximum Gasteiger partial charge on any atom is 0.210 e. The van der Waals surface area contributed by atoms with Crippen molar-refractivity contribution >= 4 is 23.5 Å². The van der Waals surface area contributed by atoms with Gasteiger partial charge in [-0.3, -0.25) is 4.98 Å². The molecule has 0 bridgehead atoms. The summed E-state index contributed by atoms with van der Waals surface area (Å²) in [5.41, 5.74) is 4.15. The zero-order chi connectivity index (χ0) is 24.7. The average molecular weight is 516 g/mol. The number of benzene rings is 2. The van der Waals surface area contributed by atoms with Crippen molar-refractivity contribution in [1.29, 1.82) is 0 Å². The Morgan fingerprint density at radius 3 is 1.44 bits per heavy atom. The lowest BCUT2D eigenvalue weighted by Crippen LogP contribution is -2.14. The molecule has 5 aromatic rings. The summed E-state index contributed by atoms with van der Waals surface area (Å²) in [6.45, 7) is 0. The molecule has 0 unspecified atom stereocenters. The van der Waals surface area contributed by atoms with E-state index >= 15 is 0 Å². The van der Waals surface area contributed by atoms with Gasteiger partial charge in [-0.1, -0.05) is 90.3 Å². The van der Waals surface area contributed by atoms with Crippen molar-refractivity contribution in [1.82, 2.24) is 34.7 Å². The molecule has 0 radical (unpaired) electrons. The van der Waals surface area contributed by atoms with Crippen LogP contribution in [0.5, 0.6) is 0 Å². The molecule has 182 valence electrons. The third kappa shape index (κ3) is 5.86. The first kappa shape index (κ1) is 23.9. The lowest BCUT2D eigenvalue weighted by atomic mass is 10.1. The van der Waals surface area contributed by atoms with Gasteiger partial charge in [-0.15, -0.1) is 20.4 Å². The van der Waals surface area contributed by atoms with E-state index in [0.29, 0.717) is 34.7 Å². The zero-order valence-corrected chi connectivity index (χ0v) is 21.1. The predicted molar refractivity (Wildman–Crippen MR) is 142 cm³/mol. The smallest absolute Gasteiger partial charge is 0.210 e. The molecule has 4 N–H and O–H groups in total. The third-order valence-corrected chi connectivity index (χ3v) is 7.40. The van der Waals surface area contributed by atoms with Crippen molar-refractivity contribution < 1.29 is 0 Å². The molecule has 36 heavy (non-hydrogen) atoms. The zero-order valence-electron chi connectivity index (χ0n) is 19.4. The van der Waals surface area contributed by atoms with Crippen LogP contribution in [0.15, 0.2) is 89.2 Å². The highest BCUT2D eigenvalue weighted by Crippen LogP contribution is 2.23. The largest absolute Gasteiger partial charge is 0.336 e. The van der Waals surface area contributed by atoms with E-state index in [4.69, 9.17) is 16.7 Å². The highest BCUT2D eigenvalue weighted by molar-refractivity contribution is 7.98. The molecule has 11 heteroatoms. The Labute approximate surface area is 217 Å².